The Morgan fingerprint density at radius 2 is 1.12 bits per heavy atom. The molecule has 0 spiro atoms. The van der Waals surface area contributed by atoms with E-state index in [-0.39, 0.29) is 0 Å². The first-order valence-corrected chi connectivity index (χ1v) is 2.59. The summed E-state index contributed by atoms with van der Waals surface area (Å²) in [7, 11) is 3.54. The second kappa shape index (κ2) is 3.36. The predicted octanol–water partition coefficient (Wildman–Crippen LogP) is 1.17. The molecular weight excluding hydrogens is 100 g/mol. The molecule has 46 valence electrons. The van der Waals surface area contributed by atoms with Crippen LogP contribution >= 0.6 is 0 Å². The molecule has 0 fully saturated rings. The summed E-state index contributed by atoms with van der Waals surface area (Å²) >= 11 is 0. The first kappa shape index (κ1) is 7.34. The Balaban J connectivity index is 4.04. The molecule has 0 radical (unpaired) electrons. The van der Waals surface area contributed by atoms with E-state index in [9.17, 15) is 0 Å². The van der Waals surface area contributed by atoms with Gasteiger partial charge in [0.1, 0.15) is 0 Å². The van der Waals surface area contributed by atoms with E-state index in [1.54, 1.807) is 14.1 Å². The normalized spacial score (nSPS) is 14.5. The molecule has 0 aliphatic rings. The van der Waals surface area contributed by atoms with Gasteiger partial charge < -0.3 is 0 Å². The number of hydrogen-bond acceptors (Lipinski definition) is 2. The molecular formula is C6H12N2. The van der Waals surface area contributed by atoms with Crippen molar-refractivity contribution in [1.29, 1.82) is 0 Å². The molecule has 0 amide bonds. The first-order valence-electron chi connectivity index (χ1n) is 2.59. The van der Waals surface area contributed by atoms with Crippen molar-refractivity contribution in [2.24, 2.45) is 9.98 Å². The molecule has 0 unspecified atom stereocenters. The van der Waals surface area contributed by atoms with Crippen molar-refractivity contribution in [3.05, 3.63) is 0 Å². The van der Waals surface area contributed by atoms with Crippen LogP contribution in [0, 0.1) is 0 Å². The molecule has 0 N–H and O–H groups in total. The summed E-state index contributed by atoms with van der Waals surface area (Å²) in [6, 6.07) is 0. The minimum absolute atomic E-state index is 1.01. The standard InChI is InChI=1S/C6H12N2/c1-5(7-3)6(2)8-4/h1-4H3/b7-5-,8-6+. The first-order chi connectivity index (χ1) is 3.72. The average molecular weight is 112 g/mol. The maximum atomic E-state index is 3.95. The lowest BCUT2D eigenvalue weighted by molar-refractivity contribution is 1.40. The van der Waals surface area contributed by atoms with Gasteiger partial charge in [-0.05, 0) is 13.8 Å². The van der Waals surface area contributed by atoms with Crippen LogP contribution in [0.3, 0.4) is 0 Å². The zero-order valence-corrected chi connectivity index (χ0v) is 5.89. The van der Waals surface area contributed by atoms with Gasteiger partial charge in [0.05, 0.1) is 11.4 Å². The van der Waals surface area contributed by atoms with E-state index in [1.165, 1.54) is 0 Å². The van der Waals surface area contributed by atoms with Gasteiger partial charge in [0.2, 0.25) is 0 Å². The van der Waals surface area contributed by atoms with Gasteiger partial charge in [0.15, 0.2) is 0 Å². The summed E-state index contributed by atoms with van der Waals surface area (Å²) in [5.74, 6) is 0. The Labute approximate surface area is 50.4 Å². The number of aliphatic imine (C=N–C) groups is 2. The van der Waals surface area contributed by atoms with E-state index in [2.05, 4.69) is 9.98 Å². The molecule has 0 aromatic heterocycles. The Morgan fingerprint density at radius 3 is 1.25 bits per heavy atom. The monoisotopic (exact) mass is 112 g/mol. The highest BCUT2D eigenvalue weighted by molar-refractivity contribution is 6.40. The second-order valence-electron chi connectivity index (χ2n) is 1.62. The summed E-state index contributed by atoms with van der Waals surface area (Å²) in [6.45, 7) is 3.89. The largest absolute Gasteiger partial charge is 0.292 e. The van der Waals surface area contributed by atoms with Gasteiger partial charge in [-0.25, -0.2) is 0 Å². The molecule has 8 heavy (non-hydrogen) atoms. The van der Waals surface area contributed by atoms with Crippen LogP contribution < -0.4 is 0 Å². The van der Waals surface area contributed by atoms with Crippen LogP contribution in [0.5, 0.6) is 0 Å². The van der Waals surface area contributed by atoms with E-state index < -0.39 is 0 Å². The Morgan fingerprint density at radius 1 is 0.875 bits per heavy atom. The van der Waals surface area contributed by atoms with Gasteiger partial charge in [-0.15, -0.1) is 0 Å². The Hall–Kier alpha value is -0.660. The van der Waals surface area contributed by atoms with E-state index >= 15 is 0 Å². The lowest BCUT2D eigenvalue weighted by atomic mass is 10.3. The topological polar surface area (TPSA) is 24.7 Å². The minimum Gasteiger partial charge on any atom is -0.292 e. The number of hydrogen-bond donors (Lipinski definition) is 0. The highest BCUT2D eigenvalue weighted by Gasteiger charge is 1.89. The van der Waals surface area contributed by atoms with Crippen LogP contribution in [0.2, 0.25) is 0 Å². The van der Waals surface area contributed by atoms with Crippen LogP contribution in [0.1, 0.15) is 13.8 Å². The van der Waals surface area contributed by atoms with Gasteiger partial charge >= 0.3 is 0 Å². The van der Waals surface area contributed by atoms with Gasteiger partial charge in [-0.3, -0.25) is 9.98 Å². The van der Waals surface area contributed by atoms with Crippen molar-refractivity contribution >= 4 is 11.4 Å². The van der Waals surface area contributed by atoms with Crippen molar-refractivity contribution in [1.82, 2.24) is 0 Å². The number of nitrogens with zero attached hydrogens (tertiary/aromatic N) is 2. The number of rotatable bonds is 1. The van der Waals surface area contributed by atoms with Gasteiger partial charge in [0, 0.05) is 14.1 Å². The summed E-state index contributed by atoms with van der Waals surface area (Å²) in [4.78, 5) is 7.89. The van der Waals surface area contributed by atoms with Crippen LogP contribution in [0.25, 0.3) is 0 Å². The van der Waals surface area contributed by atoms with E-state index in [4.69, 9.17) is 0 Å². The summed E-state index contributed by atoms with van der Waals surface area (Å²) in [5.41, 5.74) is 2.01. The fourth-order valence-corrected chi connectivity index (χ4v) is 0.324. The SMILES string of the molecule is C/N=C(C)\C(C)=N\C. The summed E-state index contributed by atoms with van der Waals surface area (Å²) in [5, 5.41) is 0. The molecule has 0 aliphatic carbocycles. The molecule has 0 atom stereocenters. The molecule has 0 saturated heterocycles. The van der Waals surface area contributed by atoms with Gasteiger partial charge in [-0.1, -0.05) is 0 Å². The maximum absolute atomic E-state index is 3.95. The zero-order chi connectivity index (χ0) is 6.57. The fraction of sp³-hybridized carbons (Fsp3) is 0.667. The molecule has 0 saturated carbocycles. The van der Waals surface area contributed by atoms with Crippen molar-refractivity contribution in [2.45, 2.75) is 13.8 Å². The second-order valence-corrected chi connectivity index (χ2v) is 1.62. The molecule has 0 bridgehead atoms. The lowest BCUT2D eigenvalue weighted by Gasteiger charge is -1.92. The molecule has 0 aromatic rings. The molecule has 0 rings (SSSR count). The Kier molecular flexibility index (Phi) is 3.08. The smallest absolute Gasteiger partial charge is 0.0520 e. The van der Waals surface area contributed by atoms with Crippen molar-refractivity contribution in [3.8, 4) is 0 Å². The average Bonchev–Trinajstić information content (AvgIpc) is 1.84. The molecule has 2 heteroatoms. The van der Waals surface area contributed by atoms with Gasteiger partial charge in [0.25, 0.3) is 0 Å². The van der Waals surface area contributed by atoms with Crippen LogP contribution in [-0.4, -0.2) is 25.5 Å². The molecule has 0 aliphatic heterocycles. The van der Waals surface area contributed by atoms with Crippen LogP contribution in [-0.2, 0) is 0 Å². The Bertz CT molecular complexity index is 106. The highest BCUT2D eigenvalue weighted by Crippen LogP contribution is 1.79. The molecule has 2 nitrogen and oxygen atoms in total. The van der Waals surface area contributed by atoms with Crippen molar-refractivity contribution in [3.63, 3.8) is 0 Å². The molecule has 0 heterocycles. The van der Waals surface area contributed by atoms with E-state index in [1.807, 2.05) is 13.8 Å². The van der Waals surface area contributed by atoms with Crippen LogP contribution in [0.15, 0.2) is 9.98 Å². The summed E-state index contributed by atoms with van der Waals surface area (Å²) in [6.07, 6.45) is 0. The minimum atomic E-state index is 1.01. The lowest BCUT2D eigenvalue weighted by Crippen LogP contribution is -2.03. The van der Waals surface area contributed by atoms with E-state index in [0.29, 0.717) is 0 Å². The highest BCUT2D eigenvalue weighted by atomic mass is 14.7. The third-order valence-electron chi connectivity index (χ3n) is 1.19. The third-order valence-corrected chi connectivity index (χ3v) is 1.19. The quantitative estimate of drug-likeness (QED) is 0.455. The summed E-state index contributed by atoms with van der Waals surface area (Å²) < 4.78 is 0. The predicted molar refractivity (Wildman–Crippen MR) is 38.1 cm³/mol. The molecule has 0 aromatic carbocycles. The van der Waals surface area contributed by atoms with Crippen LogP contribution in [0.4, 0.5) is 0 Å². The van der Waals surface area contributed by atoms with Crippen molar-refractivity contribution < 1.29 is 0 Å². The van der Waals surface area contributed by atoms with E-state index in [0.717, 1.165) is 11.4 Å². The maximum Gasteiger partial charge on any atom is 0.0520 e. The van der Waals surface area contributed by atoms with Crippen molar-refractivity contribution in [2.75, 3.05) is 14.1 Å². The zero-order valence-electron chi connectivity index (χ0n) is 5.89. The van der Waals surface area contributed by atoms with Gasteiger partial charge in [-0.2, -0.15) is 0 Å². The fourth-order valence-electron chi connectivity index (χ4n) is 0.324. The third kappa shape index (κ3) is 1.87.